The number of nitrogen functional groups attached to an aromatic ring is 1. The number of hydrogen-bond acceptors (Lipinski definition) is 2. The van der Waals surface area contributed by atoms with Crippen molar-refractivity contribution in [3.63, 3.8) is 0 Å². The number of anilines is 1. The Hall–Kier alpha value is -1.77. The van der Waals surface area contributed by atoms with Crippen LogP contribution in [0, 0.1) is 6.92 Å². The molecule has 0 amide bonds. The van der Waals surface area contributed by atoms with Crippen LogP contribution in [0.3, 0.4) is 0 Å². The van der Waals surface area contributed by atoms with Crippen molar-refractivity contribution in [1.29, 1.82) is 0 Å². The summed E-state index contributed by atoms with van der Waals surface area (Å²) in [5.41, 5.74) is 10.5. The lowest BCUT2D eigenvalue weighted by molar-refractivity contribution is 0.636. The zero-order valence-electron chi connectivity index (χ0n) is 10.5. The molecule has 0 saturated heterocycles. The van der Waals surface area contributed by atoms with E-state index in [0.29, 0.717) is 0 Å². The maximum Gasteiger partial charge on any atom is 0.0733 e. The van der Waals surface area contributed by atoms with Crippen molar-refractivity contribution < 1.29 is 0 Å². The highest BCUT2D eigenvalue weighted by Crippen LogP contribution is 2.16. The molecule has 0 bridgehead atoms. The first-order valence-electron chi connectivity index (χ1n) is 6.07. The minimum atomic E-state index is 0.805. The van der Waals surface area contributed by atoms with Gasteiger partial charge < -0.3 is 5.73 Å². The molecule has 1 aromatic heterocycles. The molecule has 0 spiro atoms. The summed E-state index contributed by atoms with van der Waals surface area (Å²) in [6.07, 6.45) is 3.82. The van der Waals surface area contributed by atoms with Gasteiger partial charge >= 0.3 is 0 Å². The van der Waals surface area contributed by atoms with E-state index in [0.717, 1.165) is 30.8 Å². The predicted octanol–water partition coefficient (Wildman–Crippen LogP) is 2.77. The lowest BCUT2D eigenvalue weighted by Gasteiger charge is -2.09. The molecule has 2 rings (SSSR count). The summed E-state index contributed by atoms with van der Waals surface area (Å²) in [5.74, 6) is 0. The van der Waals surface area contributed by atoms with E-state index in [2.05, 4.69) is 43.2 Å². The molecule has 0 aliphatic heterocycles. The molecule has 0 unspecified atom stereocenters. The summed E-state index contributed by atoms with van der Waals surface area (Å²) in [6.45, 7) is 5.09. The Bertz CT molecular complexity index is 500. The van der Waals surface area contributed by atoms with Gasteiger partial charge in [0.2, 0.25) is 0 Å². The van der Waals surface area contributed by atoms with E-state index in [4.69, 9.17) is 5.73 Å². The molecular formula is C14H19N3. The molecular weight excluding hydrogens is 210 g/mol. The number of nitrogens with zero attached hydrogens (tertiary/aromatic N) is 2. The summed E-state index contributed by atoms with van der Waals surface area (Å²) in [7, 11) is 0. The van der Waals surface area contributed by atoms with Crippen LogP contribution in [0.4, 0.5) is 5.69 Å². The van der Waals surface area contributed by atoms with Crippen LogP contribution in [-0.2, 0) is 13.0 Å². The molecule has 2 N–H and O–H groups in total. The Morgan fingerprint density at radius 1 is 1.29 bits per heavy atom. The van der Waals surface area contributed by atoms with Gasteiger partial charge in [0, 0.05) is 0 Å². The van der Waals surface area contributed by atoms with Gasteiger partial charge in [0.15, 0.2) is 0 Å². The second kappa shape index (κ2) is 5.04. The van der Waals surface area contributed by atoms with Crippen molar-refractivity contribution in [2.45, 2.75) is 33.2 Å². The quantitative estimate of drug-likeness (QED) is 0.876. The Morgan fingerprint density at radius 3 is 2.76 bits per heavy atom. The highest BCUT2D eigenvalue weighted by Gasteiger charge is 2.08. The molecule has 3 nitrogen and oxygen atoms in total. The number of benzene rings is 1. The Kier molecular flexibility index (Phi) is 3.47. The Balaban J connectivity index is 2.27. The van der Waals surface area contributed by atoms with Gasteiger partial charge in [0.25, 0.3) is 0 Å². The van der Waals surface area contributed by atoms with Gasteiger partial charge in [-0.3, -0.25) is 4.68 Å². The molecule has 17 heavy (non-hydrogen) atoms. The van der Waals surface area contributed by atoms with E-state index in [9.17, 15) is 0 Å². The molecule has 90 valence electrons. The highest BCUT2D eigenvalue weighted by molar-refractivity contribution is 5.41. The largest absolute Gasteiger partial charge is 0.396 e. The normalized spacial score (nSPS) is 10.7. The molecule has 0 aliphatic carbocycles. The molecule has 0 aliphatic rings. The number of aromatic nitrogens is 2. The second-order valence-corrected chi connectivity index (χ2v) is 4.38. The average Bonchev–Trinajstić information content (AvgIpc) is 2.65. The molecule has 3 heteroatoms. The molecule has 0 atom stereocenters. The third-order valence-corrected chi connectivity index (χ3v) is 3.05. The van der Waals surface area contributed by atoms with Gasteiger partial charge in [-0.25, -0.2) is 0 Å². The SMILES string of the molecule is CCCc1c(N)cnn1Cc1ccccc1C. The highest BCUT2D eigenvalue weighted by atomic mass is 15.3. The van der Waals surface area contributed by atoms with E-state index in [1.165, 1.54) is 11.1 Å². The van der Waals surface area contributed by atoms with Gasteiger partial charge in [-0.05, 0) is 24.5 Å². The Morgan fingerprint density at radius 2 is 2.06 bits per heavy atom. The first-order valence-corrected chi connectivity index (χ1v) is 6.07. The van der Waals surface area contributed by atoms with Crippen LogP contribution in [0.25, 0.3) is 0 Å². The summed E-state index contributed by atoms with van der Waals surface area (Å²) >= 11 is 0. The maximum atomic E-state index is 5.94. The number of nitrogens with two attached hydrogens (primary N) is 1. The smallest absolute Gasteiger partial charge is 0.0733 e. The van der Waals surface area contributed by atoms with Crippen molar-refractivity contribution in [3.05, 3.63) is 47.3 Å². The number of hydrogen-bond donors (Lipinski definition) is 1. The van der Waals surface area contributed by atoms with Gasteiger partial charge in [0.05, 0.1) is 24.1 Å². The first kappa shape index (κ1) is 11.7. The van der Waals surface area contributed by atoms with E-state index in [-0.39, 0.29) is 0 Å². The van der Waals surface area contributed by atoms with E-state index in [1.54, 1.807) is 6.20 Å². The molecule has 0 radical (unpaired) electrons. The minimum absolute atomic E-state index is 0.805. The third-order valence-electron chi connectivity index (χ3n) is 3.05. The van der Waals surface area contributed by atoms with Gasteiger partial charge in [-0.15, -0.1) is 0 Å². The minimum Gasteiger partial charge on any atom is -0.396 e. The lowest BCUT2D eigenvalue weighted by Crippen LogP contribution is -2.08. The van der Waals surface area contributed by atoms with Crippen LogP contribution in [-0.4, -0.2) is 9.78 Å². The summed E-state index contributed by atoms with van der Waals surface area (Å²) in [5, 5.41) is 4.36. The average molecular weight is 229 g/mol. The van der Waals surface area contributed by atoms with Crippen LogP contribution in [0.5, 0.6) is 0 Å². The molecule has 1 aromatic carbocycles. The van der Waals surface area contributed by atoms with Crippen molar-refractivity contribution in [3.8, 4) is 0 Å². The monoisotopic (exact) mass is 229 g/mol. The van der Waals surface area contributed by atoms with Crippen molar-refractivity contribution in [2.24, 2.45) is 0 Å². The fraction of sp³-hybridized carbons (Fsp3) is 0.357. The summed E-state index contributed by atoms with van der Waals surface area (Å²) < 4.78 is 2.02. The Labute approximate surface area is 102 Å². The van der Waals surface area contributed by atoms with Crippen molar-refractivity contribution in [1.82, 2.24) is 9.78 Å². The topological polar surface area (TPSA) is 43.8 Å². The molecule has 2 aromatic rings. The fourth-order valence-corrected chi connectivity index (χ4v) is 2.02. The van der Waals surface area contributed by atoms with Crippen LogP contribution < -0.4 is 5.73 Å². The van der Waals surface area contributed by atoms with Crippen LogP contribution in [0.2, 0.25) is 0 Å². The maximum absolute atomic E-state index is 5.94. The fourth-order valence-electron chi connectivity index (χ4n) is 2.02. The van der Waals surface area contributed by atoms with E-state index < -0.39 is 0 Å². The third kappa shape index (κ3) is 2.49. The molecule has 1 heterocycles. The molecule has 0 fully saturated rings. The van der Waals surface area contributed by atoms with Crippen LogP contribution >= 0.6 is 0 Å². The van der Waals surface area contributed by atoms with Crippen molar-refractivity contribution >= 4 is 5.69 Å². The number of rotatable bonds is 4. The van der Waals surface area contributed by atoms with Gasteiger partial charge in [-0.2, -0.15) is 5.10 Å². The number of aryl methyl sites for hydroxylation is 1. The van der Waals surface area contributed by atoms with E-state index >= 15 is 0 Å². The van der Waals surface area contributed by atoms with E-state index in [1.807, 2.05) is 4.68 Å². The standard InChI is InChI=1S/C14H19N3/c1-3-6-14-13(15)9-16-17(14)10-12-8-5-4-7-11(12)2/h4-5,7-9H,3,6,10,15H2,1-2H3. The molecule has 0 saturated carbocycles. The summed E-state index contributed by atoms with van der Waals surface area (Å²) in [4.78, 5) is 0. The second-order valence-electron chi connectivity index (χ2n) is 4.38. The lowest BCUT2D eigenvalue weighted by atomic mass is 10.1. The predicted molar refractivity (Wildman–Crippen MR) is 70.9 cm³/mol. The van der Waals surface area contributed by atoms with Crippen molar-refractivity contribution in [2.75, 3.05) is 5.73 Å². The summed E-state index contributed by atoms with van der Waals surface area (Å²) in [6, 6.07) is 8.39. The first-order chi connectivity index (χ1) is 8.22. The van der Waals surface area contributed by atoms with Gasteiger partial charge in [0.1, 0.15) is 0 Å². The zero-order valence-corrected chi connectivity index (χ0v) is 10.5. The zero-order chi connectivity index (χ0) is 12.3. The van der Waals surface area contributed by atoms with Gasteiger partial charge in [-0.1, -0.05) is 37.6 Å². The van der Waals surface area contributed by atoms with Crippen LogP contribution in [0.15, 0.2) is 30.5 Å². The van der Waals surface area contributed by atoms with Crippen LogP contribution in [0.1, 0.15) is 30.2 Å².